The molecule has 0 spiro atoms. The number of H-pyrrole nitrogens is 1. The molecule has 0 atom stereocenters. The first-order chi connectivity index (χ1) is 12.6. The molecule has 1 aromatic carbocycles. The highest BCUT2D eigenvalue weighted by atomic mass is 32.1. The summed E-state index contributed by atoms with van der Waals surface area (Å²) in [5, 5.41) is 10.8. The number of aromatic amines is 1. The number of pyridine rings is 1. The summed E-state index contributed by atoms with van der Waals surface area (Å²) >= 11 is 1.02. The second-order valence-corrected chi connectivity index (χ2v) is 7.07. The number of benzene rings is 1. The molecule has 26 heavy (non-hydrogen) atoms. The minimum atomic E-state index is -0.248. The predicted octanol–water partition coefficient (Wildman–Crippen LogP) is 3.20. The molecule has 0 fully saturated rings. The Balaban J connectivity index is 1.44. The summed E-state index contributed by atoms with van der Waals surface area (Å²) in [6.07, 6.45) is 2.29. The minimum absolute atomic E-state index is 0.0512. The Bertz CT molecular complexity index is 1110. The van der Waals surface area contributed by atoms with Crippen LogP contribution in [0, 0.1) is 0 Å². The van der Waals surface area contributed by atoms with Gasteiger partial charge in [-0.3, -0.25) is 9.78 Å². The van der Waals surface area contributed by atoms with E-state index in [4.69, 9.17) is 4.74 Å². The number of aromatic hydroxyl groups is 1. The second-order valence-electron chi connectivity index (χ2n) is 6.01. The molecule has 0 aliphatic rings. The van der Waals surface area contributed by atoms with E-state index in [-0.39, 0.29) is 10.8 Å². The SMILES string of the molecule is Cn1c(COc2ccc(Cc3sc(=O)[nH]c3O)cc2)cc2cccnc21. The molecular formula is C19H17N3O3S. The maximum absolute atomic E-state index is 11.2. The molecule has 0 unspecified atom stereocenters. The number of aryl methyl sites for hydroxylation is 1. The fourth-order valence-electron chi connectivity index (χ4n) is 2.87. The summed E-state index contributed by atoms with van der Waals surface area (Å²) < 4.78 is 7.91. The van der Waals surface area contributed by atoms with E-state index in [0.29, 0.717) is 17.9 Å². The summed E-state index contributed by atoms with van der Waals surface area (Å²) in [6, 6.07) is 13.7. The minimum Gasteiger partial charge on any atom is -0.494 e. The molecule has 6 nitrogen and oxygen atoms in total. The van der Waals surface area contributed by atoms with Crippen LogP contribution in [-0.2, 0) is 20.1 Å². The molecule has 3 aromatic heterocycles. The van der Waals surface area contributed by atoms with Crippen molar-refractivity contribution in [3.63, 3.8) is 0 Å². The molecule has 0 aliphatic heterocycles. The van der Waals surface area contributed by atoms with E-state index in [9.17, 15) is 9.90 Å². The van der Waals surface area contributed by atoms with Crippen molar-refractivity contribution in [3.8, 4) is 11.6 Å². The summed E-state index contributed by atoms with van der Waals surface area (Å²) in [5.41, 5.74) is 2.98. The number of hydrogen-bond donors (Lipinski definition) is 2. The number of thiazole rings is 1. The quantitative estimate of drug-likeness (QED) is 0.568. The van der Waals surface area contributed by atoms with E-state index in [2.05, 4.69) is 16.0 Å². The van der Waals surface area contributed by atoms with Gasteiger partial charge < -0.3 is 14.4 Å². The lowest BCUT2D eigenvalue weighted by Crippen LogP contribution is -2.02. The molecule has 0 bridgehead atoms. The number of nitrogens with zero attached hydrogens (tertiary/aromatic N) is 2. The maximum atomic E-state index is 11.2. The van der Waals surface area contributed by atoms with Crippen LogP contribution in [0.1, 0.15) is 16.1 Å². The number of fused-ring (bicyclic) bond motifs is 1. The molecule has 0 aliphatic carbocycles. The topological polar surface area (TPSA) is 80.1 Å². The Hall–Kier alpha value is -3.06. The van der Waals surface area contributed by atoms with E-state index in [0.717, 1.165) is 39.4 Å². The molecule has 3 heterocycles. The lowest BCUT2D eigenvalue weighted by molar-refractivity contribution is 0.297. The highest BCUT2D eigenvalue weighted by molar-refractivity contribution is 7.09. The van der Waals surface area contributed by atoms with Gasteiger partial charge in [-0.2, -0.15) is 0 Å². The van der Waals surface area contributed by atoms with Crippen molar-refractivity contribution < 1.29 is 9.84 Å². The number of rotatable bonds is 5. The second kappa shape index (κ2) is 6.68. The first-order valence-corrected chi connectivity index (χ1v) is 8.94. The number of ether oxygens (including phenoxy) is 1. The largest absolute Gasteiger partial charge is 0.494 e. The summed E-state index contributed by atoms with van der Waals surface area (Å²) in [7, 11) is 1.98. The van der Waals surface area contributed by atoms with E-state index in [1.54, 1.807) is 6.20 Å². The Morgan fingerprint density at radius 3 is 2.77 bits per heavy atom. The van der Waals surface area contributed by atoms with Crippen LogP contribution in [-0.4, -0.2) is 19.6 Å². The highest BCUT2D eigenvalue weighted by Gasteiger charge is 2.09. The van der Waals surface area contributed by atoms with E-state index < -0.39 is 0 Å². The fourth-order valence-corrected chi connectivity index (χ4v) is 3.63. The zero-order valence-electron chi connectivity index (χ0n) is 14.1. The van der Waals surface area contributed by atoms with Crippen LogP contribution in [0.2, 0.25) is 0 Å². The van der Waals surface area contributed by atoms with Gasteiger partial charge in [-0.1, -0.05) is 23.5 Å². The third-order valence-corrected chi connectivity index (χ3v) is 5.13. The lowest BCUT2D eigenvalue weighted by atomic mass is 10.1. The molecule has 2 N–H and O–H groups in total. The molecule has 0 amide bonds. The van der Waals surface area contributed by atoms with Crippen LogP contribution in [0.25, 0.3) is 11.0 Å². The van der Waals surface area contributed by atoms with Crippen LogP contribution in [0.5, 0.6) is 11.6 Å². The van der Waals surface area contributed by atoms with Crippen molar-refractivity contribution in [2.75, 3.05) is 0 Å². The summed E-state index contributed by atoms with van der Waals surface area (Å²) in [6.45, 7) is 0.451. The normalized spacial score (nSPS) is 11.1. The number of aromatic nitrogens is 3. The van der Waals surface area contributed by atoms with E-state index in [1.807, 2.05) is 48.0 Å². The first-order valence-electron chi connectivity index (χ1n) is 8.12. The molecular weight excluding hydrogens is 350 g/mol. The average Bonchev–Trinajstić information content (AvgIpc) is 3.13. The maximum Gasteiger partial charge on any atom is 0.307 e. The van der Waals surface area contributed by atoms with Gasteiger partial charge in [0.25, 0.3) is 0 Å². The van der Waals surface area contributed by atoms with Crippen molar-refractivity contribution in [2.24, 2.45) is 7.05 Å². The van der Waals surface area contributed by atoms with Crippen molar-refractivity contribution in [1.29, 1.82) is 0 Å². The summed E-state index contributed by atoms with van der Waals surface area (Å²) in [5.74, 6) is 0.711. The van der Waals surface area contributed by atoms with Gasteiger partial charge in [0.05, 0.1) is 10.6 Å². The van der Waals surface area contributed by atoms with Crippen molar-refractivity contribution >= 4 is 22.4 Å². The van der Waals surface area contributed by atoms with Gasteiger partial charge in [0.1, 0.15) is 18.0 Å². The van der Waals surface area contributed by atoms with Crippen LogP contribution >= 0.6 is 11.3 Å². The van der Waals surface area contributed by atoms with Gasteiger partial charge in [-0.05, 0) is 35.9 Å². The van der Waals surface area contributed by atoms with Gasteiger partial charge in [-0.25, -0.2) is 4.98 Å². The van der Waals surface area contributed by atoms with Gasteiger partial charge in [0.2, 0.25) is 5.88 Å². The molecule has 0 radical (unpaired) electrons. The van der Waals surface area contributed by atoms with Gasteiger partial charge in [0.15, 0.2) is 0 Å². The highest BCUT2D eigenvalue weighted by Crippen LogP contribution is 2.23. The smallest absolute Gasteiger partial charge is 0.307 e. The van der Waals surface area contributed by atoms with E-state index >= 15 is 0 Å². The van der Waals surface area contributed by atoms with Crippen LogP contribution in [0.3, 0.4) is 0 Å². The Morgan fingerprint density at radius 1 is 1.27 bits per heavy atom. The molecule has 4 rings (SSSR count). The lowest BCUT2D eigenvalue weighted by Gasteiger charge is -2.08. The monoisotopic (exact) mass is 367 g/mol. The number of hydrogen-bond acceptors (Lipinski definition) is 5. The average molecular weight is 367 g/mol. The Kier molecular flexibility index (Phi) is 4.22. The first kappa shape index (κ1) is 16.4. The molecule has 0 saturated heterocycles. The van der Waals surface area contributed by atoms with Gasteiger partial charge in [0, 0.05) is 25.1 Å². The van der Waals surface area contributed by atoms with Gasteiger partial charge in [-0.15, -0.1) is 0 Å². The molecule has 132 valence electrons. The third kappa shape index (κ3) is 3.21. The van der Waals surface area contributed by atoms with Crippen molar-refractivity contribution in [1.82, 2.24) is 14.5 Å². The van der Waals surface area contributed by atoms with Crippen LogP contribution in [0.15, 0.2) is 53.5 Å². The number of nitrogens with one attached hydrogen (secondary N) is 1. The predicted molar refractivity (Wildman–Crippen MR) is 101 cm³/mol. The Labute approximate surface area is 153 Å². The van der Waals surface area contributed by atoms with E-state index in [1.165, 1.54) is 0 Å². The standard InChI is InChI=1S/C19H17N3O3S/c1-22-14(10-13-3-2-8-20-17(13)22)11-25-15-6-4-12(5-7-15)9-16-18(23)21-19(24)26-16/h2-8,10,23H,9,11H2,1H3,(H,21,24). The van der Waals surface area contributed by atoms with Gasteiger partial charge >= 0.3 is 4.87 Å². The Morgan fingerprint density at radius 2 is 2.08 bits per heavy atom. The van der Waals surface area contributed by atoms with Crippen LogP contribution < -0.4 is 9.61 Å². The van der Waals surface area contributed by atoms with Crippen molar-refractivity contribution in [2.45, 2.75) is 13.0 Å². The van der Waals surface area contributed by atoms with Crippen molar-refractivity contribution in [3.05, 3.63) is 74.5 Å². The third-order valence-electron chi connectivity index (χ3n) is 4.26. The zero-order valence-corrected chi connectivity index (χ0v) is 14.9. The molecule has 7 heteroatoms. The molecule has 0 saturated carbocycles. The fraction of sp³-hybridized carbons (Fsp3) is 0.158. The van der Waals surface area contributed by atoms with Crippen LogP contribution in [0.4, 0.5) is 0 Å². The zero-order chi connectivity index (χ0) is 18.1. The molecule has 4 aromatic rings. The summed E-state index contributed by atoms with van der Waals surface area (Å²) in [4.78, 5) is 18.4.